The molecule has 0 aliphatic carbocycles. The third-order valence-electron chi connectivity index (χ3n) is 3.51. The molecular weight excluding hydrogens is 300 g/mol. The molecule has 0 radical (unpaired) electrons. The van der Waals surface area contributed by atoms with Crippen molar-refractivity contribution in [1.82, 2.24) is 15.0 Å². The summed E-state index contributed by atoms with van der Waals surface area (Å²) in [5, 5.41) is 27.6. The fourth-order valence-corrected chi connectivity index (χ4v) is 2.33. The highest BCUT2D eigenvalue weighted by Crippen LogP contribution is 2.25. The van der Waals surface area contributed by atoms with Crippen LogP contribution < -0.4 is 0 Å². The van der Waals surface area contributed by atoms with E-state index in [0.29, 0.717) is 17.8 Å². The number of nitro groups is 1. The van der Waals surface area contributed by atoms with E-state index in [-0.39, 0.29) is 11.4 Å². The van der Waals surface area contributed by atoms with E-state index in [9.17, 15) is 20.0 Å². The lowest BCUT2D eigenvalue weighted by Crippen LogP contribution is -2.05. The molecule has 0 spiro atoms. The number of nitrogens with zero attached hydrogens (tertiary/aromatic N) is 4. The molecular formula is C15H18N4O4. The highest BCUT2D eigenvalue weighted by molar-refractivity contribution is 5.92. The number of rotatable bonds is 8. The lowest BCUT2D eigenvalue weighted by molar-refractivity contribution is -0.384. The summed E-state index contributed by atoms with van der Waals surface area (Å²) in [7, 11) is 0. The maximum absolute atomic E-state index is 11.3. The maximum Gasteiger partial charge on any atom is 0.358 e. The zero-order chi connectivity index (χ0) is 16.8. The molecule has 2 rings (SSSR count). The Bertz CT molecular complexity index is 694. The minimum atomic E-state index is -1.17. The molecule has 122 valence electrons. The number of aromatic carboxylic acids is 1. The predicted octanol–water partition coefficient (Wildman–Crippen LogP) is 3.13. The van der Waals surface area contributed by atoms with E-state index >= 15 is 0 Å². The van der Waals surface area contributed by atoms with Crippen molar-refractivity contribution in [2.75, 3.05) is 0 Å². The van der Waals surface area contributed by atoms with Gasteiger partial charge in [0.2, 0.25) is 0 Å². The van der Waals surface area contributed by atoms with Gasteiger partial charge in [-0.1, -0.05) is 31.4 Å². The molecule has 0 aliphatic heterocycles. The van der Waals surface area contributed by atoms with E-state index in [1.807, 2.05) is 0 Å². The van der Waals surface area contributed by atoms with Gasteiger partial charge in [0.25, 0.3) is 5.69 Å². The molecule has 8 heteroatoms. The lowest BCUT2D eigenvalue weighted by Gasteiger charge is -2.07. The van der Waals surface area contributed by atoms with Gasteiger partial charge in [-0.25, -0.2) is 9.48 Å². The standard InChI is InChI=1S/C15H18N4O4/c1-2-3-4-5-10-18-14(13(15(20)21)16-17-18)11-6-8-12(9-7-11)19(22)23/h6-9H,2-5,10H2,1H3,(H,20,21). The van der Waals surface area contributed by atoms with Crippen molar-refractivity contribution in [3.05, 3.63) is 40.1 Å². The second-order valence-corrected chi connectivity index (χ2v) is 5.18. The zero-order valence-corrected chi connectivity index (χ0v) is 12.8. The molecule has 0 unspecified atom stereocenters. The van der Waals surface area contributed by atoms with Gasteiger partial charge in [-0.3, -0.25) is 10.1 Å². The van der Waals surface area contributed by atoms with Gasteiger partial charge >= 0.3 is 5.97 Å². The third-order valence-corrected chi connectivity index (χ3v) is 3.51. The number of carboxylic acids is 1. The number of carboxylic acid groups (broad SMARTS) is 1. The summed E-state index contributed by atoms with van der Waals surface area (Å²) >= 11 is 0. The Morgan fingerprint density at radius 1 is 1.26 bits per heavy atom. The van der Waals surface area contributed by atoms with Crippen LogP contribution in [-0.2, 0) is 6.54 Å². The molecule has 0 amide bonds. The molecule has 23 heavy (non-hydrogen) atoms. The van der Waals surface area contributed by atoms with Crippen LogP contribution in [0.3, 0.4) is 0 Å². The Morgan fingerprint density at radius 3 is 2.52 bits per heavy atom. The number of nitro benzene ring substituents is 1. The maximum atomic E-state index is 11.3. The predicted molar refractivity (Wildman–Crippen MR) is 83.2 cm³/mol. The second kappa shape index (κ2) is 7.48. The van der Waals surface area contributed by atoms with Crippen LogP contribution in [0.15, 0.2) is 24.3 Å². The van der Waals surface area contributed by atoms with Crippen LogP contribution in [0.4, 0.5) is 5.69 Å². The largest absolute Gasteiger partial charge is 0.476 e. The van der Waals surface area contributed by atoms with Gasteiger partial charge in [0.1, 0.15) is 5.69 Å². The van der Waals surface area contributed by atoms with Crippen LogP contribution in [0, 0.1) is 10.1 Å². The van der Waals surface area contributed by atoms with Crippen molar-refractivity contribution in [3.8, 4) is 11.3 Å². The van der Waals surface area contributed by atoms with Gasteiger partial charge in [-0.15, -0.1) is 5.10 Å². The van der Waals surface area contributed by atoms with Crippen molar-refractivity contribution in [1.29, 1.82) is 0 Å². The molecule has 0 aliphatic rings. The van der Waals surface area contributed by atoms with Crippen LogP contribution in [0.1, 0.15) is 43.1 Å². The van der Waals surface area contributed by atoms with E-state index in [1.165, 1.54) is 24.3 Å². The van der Waals surface area contributed by atoms with Crippen LogP contribution in [-0.4, -0.2) is 31.0 Å². The molecule has 1 aromatic carbocycles. The van der Waals surface area contributed by atoms with Crippen molar-refractivity contribution in [3.63, 3.8) is 0 Å². The molecule has 0 bridgehead atoms. The summed E-state index contributed by atoms with van der Waals surface area (Å²) < 4.78 is 1.56. The quantitative estimate of drug-likeness (QED) is 0.454. The second-order valence-electron chi connectivity index (χ2n) is 5.18. The molecule has 1 aromatic heterocycles. The minimum absolute atomic E-state index is 0.0485. The van der Waals surface area contributed by atoms with Gasteiger partial charge < -0.3 is 5.11 Å². The average molecular weight is 318 g/mol. The number of carbonyl (C=O) groups is 1. The number of aryl methyl sites for hydroxylation is 1. The lowest BCUT2D eigenvalue weighted by atomic mass is 10.1. The van der Waals surface area contributed by atoms with Crippen molar-refractivity contribution in [2.45, 2.75) is 39.2 Å². The summed E-state index contributed by atoms with van der Waals surface area (Å²) in [4.78, 5) is 21.6. The molecule has 0 atom stereocenters. The monoisotopic (exact) mass is 318 g/mol. The highest BCUT2D eigenvalue weighted by atomic mass is 16.6. The van der Waals surface area contributed by atoms with Gasteiger partial charge in [0.05, 0.1) is 4.92 Å². The normalized spacial score (nSPS) is 10.7. The number of hydrogen-bond donors (Lipinski definition) is 1. The number of non-ortho nitro benzene ring substituents is 1. The first-order valence-electron chi connectivity index (χ1n) is 7.46. The fourth-order valence-electron chi connectivity index (χ4n) is 2.33. The molecule has 8 nitrogen and oxygen atoms in total. The van der Waals surface area contributed by atoms with Gasteiger partial charge in [0.15, 0.2) is 5.69 Å². The Hall–Kier alpha value is -2.77. The number of aromatic nitrogens is 3. The Labute approximate surface area is 132 Å². The minimum Gasteiger partial charge on any atom is -0.476 e. The zero-order valence-electron chi connectivity index (χ0n) is 12.8. The van der Waals surface area contributed by atoms with E-state index in [1.54, 1.807) is 4.68 Å². The van der Waals surface area contributed by atoms with Crippen LogP contribution in [0.25, 0.3) is 11.3 Å². The van der Waals surface area contributed by atoms with Crippen molar-refractivity contribution in [2.24, 2.45) is 0 Å². The summed E-state index contributed by atoms with van der Waals surface area (Å²) in [6.45, 7) is 2.67. The van der Waals surface area contributed by atoms with Crippen LogP contribution in [0.2, 0.25) is 0 Å². The number of benzene rings is 1. The van der Waals surface area contributed by atoms with Gasteiger partial charge in [-0.05, 0) is 18.6 Å². The topological polar surface area (TPSA) is 111 Å². The van der Waals surface area contributed by atoms with Gasteiger partial charge in [-0.2, -0.15) is 0 Å². The molecule has 1 N–H and O–H groups in total. The summed E-state index contributed by atoms with van der Waals surface area (Å²) in [5.41, 5.74) is 0.735. The summed E-state index contributed by atoms with van der Waals surface area (Å²) in [6.07, 6.45) is 4.11. The summed E-state index contributed by atoms with van der Waals surface area (Å²) in [5.74, 6) is -1.17. The summed E-state index contributed by atoms with van der Waals surface area (Å²) in [6, 6.07) is 5.72. The smallest absolute Gasteiger partial charge is 0.358 e. The molecule has 2 aromatic rings. The number of hydrogen-bond acceptors (Lipinski definition) is 5. The van der Waals surface area contributed by atoms with Crippen molar-refractivity contribution < 1.29 is 14.8 Å². The fraction of sp³-hybridized carbons (Fsp3) is 0.400. The number of unbranched alkanes of at least 4 members (excludes halogenated alkanes) is 3. The average Bonchev–Trinajstić information content (AvgIpc) is 2.95. The highest BCUT2D eigenvalue weighted by Gasteiger charge is 2.21. The SMILES string of the molecule is CCCCCCn1nnc(C(=O)O)c1-c1ccc([N+](=O)[O-])cc1. The van der Waals surface area contributed by atoms with Crippen LogP contribution >= 0.6 is 0 Å². The molecule has 1 heterocycles. The first-order valence-corrected chi connectivity index (χ1v) is 7.46. The molecule has 0 saturated heterocycles. The third kappa shape index (κ3) is 3.91. The van der Waals surface area contributed by atoms with E-state index in [0.717, 1.165) is 25.7 Å². The van der Waals surface area contributed by atoms with E-state index in [4.69, 9.17) is 0 Å². The molecule has 0 fully saturated rings. The van der Waals surface area contributed by atoms with Crippen molar-refractivity contribution >= 4 is 11.7 Å². The first-order chi connectivity index (χ1) is 11.0. The van der Waals surface area contributed by atoms with E-state index in [2.05, 4.69) is 17.2 Å². The molecule has 0 saturated carbocycles. The van der Waals surface area contributed by atoms with E-state index < -0.39 is 10.9 Å². The van der Waals surface area contributed by atoms with Crippen LogP contribution in [0.5, 0.6) is 0 Å². The Balaban J connectivity index is 2.31. The first kappa shape index (κ1) is 16.6. The van der Waals surface area contributed by atoms with Gasteiger partial charge in [0, 0.05) is 24.2 Å². The Kier molecular flexibility index (Phi) is 5.40. The Morgan fingerprint density at radius 2 is 1.96 bits per heavy atom.